The van der Waals surface area contributed by atoms with E-state index in [1.807, 2.05) is 24.2 Å². The van der Waals surface area contributed by atoms with E-state index in [1.54, 1.807) is 6.33 Å². The highest BCUT2D eigenvalue weighted by molar-refractivity contribution is 5.87. The van der Waals surface area contributed by atoms with Crippen LogP contribution in [0.3, 0.4) is 0 Å². The van der Waals surface area contributed by atoms with Gasteiger partial charge in [-0.15, -0.1) is 0 Å². The van der Waals surface area contributed by atoms with Crippen molar-refractivity contribution in [3.05, 3.63) is 18.6 Å². The fourth-order valence-electron chi connectivity index (χ4n) is 3.36. The number of carbonyl (C=O) groups is 1. The maximum Gasteiger partial charge on any atom is 0.223 e. The third-order valence-corrected chi connectivity index (χ3v) is 4.79. The van der Waals surface area contributed by atoms with Crippen molar-refractivity contribution in [2.45, 2.75) is 25.8 Å². The van der Waals surface area contributed by atoms with Crippen LogP contribution in [0.25, 0.3) is 11.0 Å². The highest BCUT2D eigenvalue weighted by atomic mass is 16.2. The number of nitrogens with zero attached hydrogens (tertiary/aromatic N) is 4. The minimum Gasteiger partial charge on any atom is -0.354 e. The molecule has 1 saturated heterocycles. The van der Waals surface area contributed by atoms with Gasteiger partial charge in [-0.1, -0.05) is 6.92 Å². The molecule has 2 aromatic heterocycles. The fourth-order valence-corrected chi connectivity index (χ4v) is 3.36. The second-order valence-electron chi connectivity index (χ2n) is 6.26. The number of anilines is 1. The van der Waals surface area contributed by atoms with E-state index < -0.39 is 0 Å². The van der Waals surface area contributed by atoms with Crippen molar-refractivity contribution in [1.82, 2.24) is 19.9 Å². The molecule has 7 nitrogen and oxygen atoms in total. The van der Waals surface area contributed by atoms with Gasteiger partial charge in [0.25, 0.3) is 0 Å². The monoisotopic (exact) mass is 316 g/mol. The molecule has 3 N–H and O–H groups in total. The summed E-state index contributed by atoms with van der Waals surface area (Å²) in [5, 5.41) is 1.01. The molecule has 1 amide bonds. The summed E-state index contributed by atoms with van der Waals surface area (Å²) in [4.78, 5) is 28.1. The lowest BCUT2D eigenvalue weighted by Crippen LogP contribution is -2.53. The van der Waals surface area contributed by atoms with Gasteiger partial charge < -0.3 is 20.5 Å². The second-order valence-corrected chi connectivity index (χ2v) is 6.26. The van der Waals surface area contributed by atoms with Crippen LogP contribution in [0.4, 0.5) is 5.82 Å². The number of carbonyl (C=O) groups excluding carboxylic acids is 1. The highest BCUT2D eigenvalue weighted by Gasteiger charge is 2.32. The summed E-state index contributed by atoms with van der Waals surface area (Å²) < 4.78 is 0. The van der Waals surface area contributed by atoms with Gasteiger partial charge in [0.15, 0.2) is 0 Å². The van der Waals surface area contributed by atoms with Gasteiger partial charge in [0.1, 0.15) is 17.8 Å². The van der Waals surface area contributed by atoms with E-state index in [2.05, 4.69) is 26.8 Å². The Labute approximate surface area is 135 Å². The van der Waals surface area contributed by atoms with Gasteiger partial charge in [0.2, 0.25) is 5.91 Å². The molecule has 2 aromatic rings. The quantitative estimate of drug-likeness (QED) is 0.877. The van der Waals surface area contributed by atoms with E-state index in [-0.39, 0.29) is 11.9 Å². The molecule has 0 aliphatic carbocycles. The van der Waals surface area contributed by atoms with Gasteiger partial charge >= 0.3 is 0 Å². The molecule has 3 heterocycles. The third-order valence-electron chi connectivity index (χ3n) is 4.79. The Balaban J connectivity index is 1.83. The zero-order valence-electron chi connectivity index (χ0n) is 13.7. The number of aromatic nitrogens is 3. The van der Waals surface area contributed by atoms with Gasteiger partial charge in [-0.2, -0.15) is 0 Å². The predicted molar refractivity (Wildman–Crippen MR) is 90.1 cm³/mol. The number of piperidine rings is 1. The molecule has 2 unspecified atom stereocenters. The van der Waals surface area contributed by atoms with E-state index in [0.29, 0.717) is 25.4 Å². The molecule has 0 spiro atoms. The highest BCUT2D eigenvalue weighted by Crippen LogP contribution is 2.28. The first-order valence-corrected chi connectivity index (χ1v) is 8.10. The number of aromatic amines is 1. The summed E-state index contributed by atoms with van der Waals surface area (Å²) in [6.07, 6.45) is 4.86. The van der Waals surface area contributed by atoms with Gasteiger partial charge in [-0.25, -0.2) is 9.97 Å². The Bertz CT molecular complexity index is 684. The van der Waals surface area contributed by atoms with E-state index in [1.165, 1.54) is 0 Å². The molecule has 0 aromatic carbocycles. The average Bonchev–Trinajstić information content (AvgIpc) is 3.03. The molecule has 0 radical (unpaired) electrons. The Morgan fingerprint density at radius 2 is 2.35 bits per heavy atom. The molecule has 3 rings (SSSR count). The number of nitrogens with two attached hydrogens (primary N) is 1. The van der Waals surface area contributed by atoms with Crippen LogP contribution >= 0.6 is 0 Å². The lowest BCUT2D eigenvalue weighted by Gasteiger charge is -2.42. The molecule has 23 heavy (non-hydrogen) atoms. The first-order chi connectivity index (χ1) is 11.1. The lowest BCUT2D eigenvalue weighted by atomic mass is 9.92. The van der Waals surface area contributed by atoms with Gasteiger partial charge in [0, 0.05) is 39.3 Å². The molecule has 0 bridgehead atoms. The van der Waals surface area contributed by atoms with E-state index in [9.17, 15) is 4.79 Å². The molecular weight excluding hydrogens is 292 g/mol. The van der Waals surface area contributed by atoms with Crippen molar-refractivity contribution in [2.75, 3.05) is 31.6 Å². The number of hydrogen-bond donors (Lipinski definition) is 2. The molecule has 1 aliphatic rings. The average molecular weight is 316 g/mol. The van der Waals surface area contributed by atoms with Crippen molar-refractivity contribution in [3.8, 4) is 0 Å². The SMILES string of the molecule is CC1CCN(C(=O)CCN)CC1N(C)c1ncnc2[nH]ccc12. The second kappa shape index (κ2) is 6.54. The summed E-state index contributed by atoms with van der Waals surface area (Å²) in [7, 11) is 2.05. The summed E-state index contributed by atoms with van der Waals surface area (Å²) in [5.74, 6) is 1.54. The van der Waals surface area contributed by atoms with E-state index >= 15 is 0 Å². The number of amides is 1. The number of likely N-dealkylation sites (N-methyl/N-ethyl adjacent to an activating group) is 1. The first-order valence-electron chi connectivity index (χ1n) is 8.10. The molecule has 1 aliphatic heterocycles. The van der Waals surface area contributed by atoms with Gasteiger partial charge in [0.05, 0.1) is 11.4 Å². The molecule has 7 heteroatoms. The van der Waals surface area contributed by atoms with Crippen LogP contribution in [0.2, 0.25) is 0 Å². The fraction of sp³-hybridized carbons (Fsp3) is 0.562. The number of H-pyrrole nitrogens is 1. The number of rotatable bonds is 4. The Morgan fingerprint density at radius 1 is 1.52 bits per heavy atom. The largest absolute Gasteiger partial charge is 0.354 e. The minimum absolute atomic E-state index is 0.146. The molecular formula is C16H24N6O. The van der Waals surface area contributed by atoms with Crippen LogP contribution in [0.5, 0.6) is 0 Å². The van der Waals surface area contributed by atoms with E-state index in [0.717, 1.165) is 29.8 Å². The number of likely N-dealkylation sites (tertiary alicyclic amines) is 1. The Kier molecular flexibility index (Phi) is 4.47. The van der Waals surface area contributed by atoms with Crippen molar-refractivity contribution < 1.29 is 4.79 Å². The smallest absolute Gasteiger partial charge is 0.223 e. The van der Waals surface area contributed by atoms with Crippen LogP contribution in [-0.2, 0) is 4.79 Å². The number of fused-ring (bicyclic) bond motifs is 1. The van der Waals surface area contributed by atoms with Crippen molar-refractivity contribution in [3.63, 3.8) is 0 Å². The standard InChI is InChI=1S/C16H24N6O/c1-11-5-8-22(14(23)3-6-17)9-13(11)21(2)16-12-4-7-18-15(12)19-10-20-16/h4,7,10-11,13H,3,5-6,8-9,17H2,1-2H3,(H,18,19,20). The zero-order chi connectivity index (χ0) is 16.4. The maximum atomic E-state index is 12.2. The van der Waals surface area contributed by atoms with Crippen molar-refractivity contribution >= 4 is 22.8 Å². The van der Waals surface area contributed by atoms with Crippen molar-refractivity contribution in [2.24, 2.45) is 11.7 Å². The Morgan fingerprint density at radius 3 is 3.13 bits per heavy atom. The van der Waals surface area contributed by atoms with Crippen LogP contribution in [0.1, 0.15) is 19.8 Å². The minimum atomic E-state index is 0.146. The number of hydrogen-bond acceptors (Lipinski definition) is 5. The first kappa shape index (κ1) is 15.7. The van der Waals surface area contributed by atoms with Crippen LogP contribution < -0.4 is 10.6 Å². The predicted octanol–water partition coefficient (Wildman–Crippen LogP) is 0.980. The summed E-state index contributed by atoms with van der Waals surface area (Å²) in [6, 6.07) is 2.23. The topological polar surface area (TPSA) is 91.1 Å². The number of nitrogens with one attached hydrogen (secondary N) is 1. The van der Waals surface area contributed by atoms with Gasteiger partial charge in [-0.3, -0.25) is 4.79 Å². The molecule has 2 atom stereocenters. The van der Waals surface area contributed by atoms with Crippen molar-refractivity contribution in [1.29, 1.82) is 0 Å². The van der Waals surface area contributed by atoms with Crippen LogP contribution in [-0.4, -0.2) is 58.5 Å². The third kappa shape index (κ3) is 3.01. The van der Waals surface area contributed by atoms with Crippen LogP contribution in [0.15, 0.2) is 18.6 Å². The lowest BCUT2D eigenvalue weighted by molar-refractivity contribution is -0.132. The summed E-state index contributed by atoms with van der Waals surface area (Å²) in [6.45, 7) is 4.17. The normalized spacial score (nSPS) is 21.6. The van der Waals surface area contributed by atoms with Crippen LogP contribution in [0, 0.1) is 5.92 Å². The zero-order valence-corrected chi connectivity index (χ0v) is 13.7. The molecule has 124 valence electrons. The van der Waals surface area contributed by atoms with E-state index in [4.69, 9.17) is 5.73 Å². The Hall–Kier alpha value is -2.15. The maximum absolute atomic E-state index is 12.2. The molecule has 0 saturated carbocycles. The molecule has 1 fully saturated rings. The van der Waals surface area contributed by atoms with Gasteiger partial charge in [-0.05, 0) is 18.4 Å². The summed E-state index contributed by atoms with van der Waals surface area (Å²) in [5.41, 5.74) is 6.36. The summed E-state index contributed by atoms with van der Waals surface area (Å²) >= 11 is 0.